The number of rotatable bonds is 7. The highest BCUT2D eigenvalue weighted by Crippen LogP contribution is 2.20. The van der Waals surface area contributed by atoms with E-state index >= 15 is 0 Å². The van der Waals surface area contributed by atoms with Gasteiger partial charge in [-0.1, -0.05) is 18.9 Å². The van der Waals surface area contributed by atoms with Gasteiger partial charge in [0.05, 0.1) is 17.6 Å². The van der Waals surface area contributed by atoms with E-state index in [1.165, 1.54) is 25.0 Å². The zero-order valence-electron chi connectivity index (χ0n) is 11.8. The van der Waals surface area contributed by atoms with Gasteiger partial charge in [0.2, 0.25) is 10.0 Å². The normalized spacial score (nSPS) is 16.5. The number of benzene rings is 1. The highest BCUT2D eigenvalue weighted by Gasteiger charge is 2.19. The first-order valence-electron chi connectivity index (χ1n) is 7.12. The first-order chi connectivity index (χ1) is 10.0. The second kappa shape index (κ2) is 7.31. The Bertz CT molecular complexity index is 572. The third-order valence-corrected chi connectivity index (χ3v) is 5.13. The molecule has 0 atom stereocenters. The van der Waals surface area contributed by atoms with Crippen LogP contribution in [0.3, 0.4) is 0 Å². The van der Waals surface area contributed by atoms with Crippen molar-refractivity contribution < 1.29 is 17.5 Å². The van der Waals surface area contributed by atoms with Gasteiger partial charge >= 0.3 is 0 Å². The minimum Gasteiger partial charge on any atom is -0.377 e. The topological polar surface area (TPSA) is 81.4 Å². The van der Waals surface area contributed by atoms with Crippen LogP contribution in [-0.4, -0.2) is 27.7 Å². The van der Waals surface area contributed by atoms with Gasteiger partial charge in [-0.05, 0) is 30.5 Å². The molecule has 1 saturated carbocycles. The molecule has 21 heavy (non-hydrogen) atoms. The molecule has 0 heterocycles. The number of hydrogen-bond donors (Lipinski definition) is 2. The molecule has 5 nitrogen and oxygen atoms in total. The second-order valence-corrected chi connectivity index (χ2v) is 6.87. The Labute approximate surface area is 124 Å². The minimum atomic E-state index is -3.77. The molecule has 1 aromatic rings. The maximum Gasteiger partial charge on any atom is 0.241 e. The van der Waals surface area contributed by atoms with Crippen LogP contribution in [0.5, 0.6) is 0 Å². The summed E-state index contributed by atoms with van der Waals surface area (Å²) in [5.41, 5.74) is 5.89. The molecule has 118 valence electrons. The highest BCUT2D eigenvalue weighted by atomic mass is 32.2. The number of sulfonamides is 1. The van der Waals surface area contributed by atoms with Gasteiger partial charge in [-0.3, -0.25) is 0 Å². The van der Waals surface area contributed by atoms with Crippen molar-refractivity contribution >= 4 is 10.0 Å². The van der Waals surface area contributed by atoms with Crippen LogP contribution in [0.4, 0.5) is 4.39 Å². The van der Waals surface area contributed by atoms with Crippen molar-refractivity contribution in [1.82, 2.24) is 4.72 Å². The summed E-state index contributed by atoms with van der Waals surface area (Å²) in [7, 11) is -3.77. The Balaban J connectivity index is 1.93. The van der Waals surface area contributed by atoms with Gasteiger partial charge in [0.1, 0.15) is 5.82 Å². The fraction of sp³-hybridized carbons (Fsp3) is 0.571. The van der Waals surface area contributed by atoms with E-state index in [0.29, 0.717) is 12.2 Å². The van der Waals surface area contributed by atoms with E-state index in [1.807, 2.05) is 0 Å². The van der Waals surface area contributed by atoms with E-state index in [1.54, 1.807) is 0 Å². The molecule has 2 rings (SSSR count). The van der Waals surface area contributed by atoms with Crippen molar-refractivity contribution in [1.29, 1.82) is 0 Å². The van der Waals surface area contributed by atoms with Crippen molar-refractivity contribution in [3.8, 4) is 0 Å². The number of halogens is 1. The Morgan fingerprint density at radius 2 is 2.05 bits per heavy atom. The van der Waals surface area contributed by atoms with Crippen molar-refractivity contribution in [2.75, 3.05) is 13.2 Å². The quantitative estimate of drug-likeness (QED) is 0.747. The standard InChI is InChI=1S/C14H21FN2O3S/c15-12-6-5-11(10-16)14(9-12)21(18,19)17-7-8-20-13-3-1-2-4-13/h5-6,9,13,17H,1-4,7-8,10,16H2. The molecule has 3 N–H and O–H groups in total. The molecule has 7 heteroatoms. The van der Waals surface area contributed by atoms with Gasteiger partial charge in [0.15, 0.2) is 0 Å². The molecule has 1 aliphatic carbocycles. The lowest BCUT2D eigenvalue weighted by Crippen LogP contribution is -2.29. The van der Waals surface area contributed by atoms with Gasteiger partial charge in [-0.15, -0.1) is 0 Å². The van der Waals surface area contributed by atoms with Gasteiger partial charge in [0, 0.05) is 13.1 Å². The van der Waals surface area contributed by atoms with Crippen LogP contribution in [0.2, 0.25) is 0 Å². The molecule has 1 aliphatic rings. The van der Waals surface area contributed by atoms with E-state index in [0.717, 1.165) is 18.9 Å². The molecule has 0 amide bonds. The third-order valence-electron chi connectivity index (χ3n) is 3.59. The minimum absolute atomic E-state index is 0.0368. The SMILES string of the molecule is NCc1ccc(F)cc1S(=O)(=O)NCCOC1CCCC1. The van der Waals surface area contributed by atoms with E-state index in [-0.39, 0.29) is 24.1 Å². The van der Waals surface area contributed by atoms with E-state index in [9.17, 15) is 12.8 Å². The van der Waals surface area contributed by atoms with Crippen LogP contribution in [0.1, 0.15) is 31.2 Å². The molecule has 1 fully saturated rings. The number of ether oxygens (including phenoxy) is 1. The van der Waals surface area contributed by atoms with Crippen molar-refractivity contribution in [2.45, 2.75) is 43.2 Å². The van der Waals surface area contributed by atoms with Gasteiger partial charge in [-0.25, -0.2) is 17.5 Å². The lowest BCUT2D eigenvalue weighted by molar-refractivity contribution is 0.0626. The fourth-order valence-electron chi connectivity index (χ4n) is 2.48. The summed E-state index contributed by atoms with van der Waals surface area (Å²) in [6.45, 7) is 0.519. The van der Waals surface area contributed by atoms with Gasteiger partial charge in [0.25, 0.3) is 0 Å². The lowest BCUT2D eigenvalue weighted by Gasteiger charge is -2.13. The summed E-state index contributed by atoms with van der Waals surface area (Å²) in [6, 6.07) is 3.58. The number of nitrogens with one attached hydrogen (secondary N) is 1. The zero-order chi connectivity index (χ0) is 15.3. The molecule has 0 radical (unpaired) electrons. The molecule has 0 aliphatic heterocycles. The predicted molar refractivity (Wildman–Crippen MR) is 77.7 cm³/mol. The Kier molecular flexibility index (Phi) is 5.69. The summed E-state index contributed by atoms with van der Waals surface area (Å²) in [5, 5.41) is 0. The molecular formula is C14H21FN2O3S. The molecule has 1 aromatic carbocycles. The van der Waals surface area contributed by atoms with Gasteiger partial charge in [-0.2, -0.15) is 0 Å². The maximum absolute atomic E-state index is 13.2. The third kappa shape index (κ3) is 4.47. The first kappa shape index (κ1) is 16.4. The zero-order valence-corrected chi connectivity index (χ0v) is 12.7. The van der Waals surface area contributed by atoms with Crippen LogP contribution in [0.15, 0.2) is 23.1 Å². The number of nitrogens with two attached hydrogens (primary N) is 1. The monoisotopic (exact) mass is 316 g/mol. The molecule has 0 spiro atoms. The molecule has 0 aromatic heterocycles. The summed E-state index contributed by atoms with van der Waals surface area (Å²) in [4.78, 5) is -0.106. The average molecular weight is 316 g/mol. The summed E-state index contributed by atoms with van der Waals surface area (Å²) in [5.74, 6) is -0.602. The predicted octanol–water partition coefficient (Wildman–Crippen LogP) is 1.52. The second-order valence-electron chi connectivity index (χ2n) is 5.13. The lowest BCUT2D eigenvalue weighted by atomic mass is 10.2. The van der Waals surface area contributed by atoms with Crippen LogP contribution in [-0.2, 0) is 21.3 Å². The molecular weight excluding hydrogens is 295 g/mol. The summed E-state index contributed by atoms with van der Waals surface area (Å²) in [6.07, 6.45) is 4.64. The van der Waals surface area contributed by atoms with Crippen molar-refractivity contribution in [3.63, 3.8) is 0 Å². The highest BCUT2D eigenvalue weighted by molar-refractivity contribution is 7.89. The molecule has 0 saturated heterocycles. The summed E-state index contributed by atoms with van der Waals surface area (Å²) >= 11 is 0. The van der Waals surface area contributed by atoms with Crippen LogP contribution in [0, 0.1) is 5.82 Å². The molecule has 0 unspecified atom stereocenters. The van der Waals surface area contributed by atoms with Crippen molar-refractivity contribution in [3.05, 3.63) is 29.6 Å². The molecule has 0 bridgehead atoms. The maximum atomic E-state index is 13.2. The first-order valence-corrected chi connectivity index (χ1v) is 8.61. The smallest absolute Gasteiger partial charge is 0.241 e. The summed E-state index contributed by atoms with van der Waals surface area (Å²) < 4.78 is 45.6. The Morgan fingerprint density at radius 1 is 1.33 bits per heavy atom. The van der Waals surface area contributed by atoms with Gasteiger partial charge < -0.3 is 10.5 Å². The van der Waals surface area contributed by atoms with Crippen molar-refractivity contribution in [2.24, 2.45) is 5.73 Å². The van der Waals surface area contributed by atoms with Crippen LogP contribution in [0.25, 0.3) is 0 Å². The number of hydrogen-bond acceptors (Lipinski definition) is 4. The van der Waals surface area contributed by atoms with E-state index in [2.05, 4.69) is 4.72 Å². The average Bonchev–Trinajstić information content (AvgIpc) is 2.97. The largest absolute Gasteiger partial charge is 0.377 e. The Hall–Kier alpha value is -1.02. The van der Waals surface area contributed by atoms with E-state index in [4.69, 9.17) is 10.5 Å². The van der Waals surface area contributed by atoms with Crippen LogP contribution >= 0.6 is 0 Å². The van der Waals surface area contributed by atoms with E-state index < -0.39 is 15.8 Å². The fourth-order valence-corrected chi connectivity index (χ4v) is 3.75. The Morgan fingerprint density at radius 3 is 2.71 bits per heavy atom. The van der Waals surface area contributed by atoms with Crippen LogP contribution < -0.4 is 10.5 Å².